The molecule has 0 aliphatic carbocycles. The third-order valence-corrected chi connectivity index (χ3v) is 8.36. The Kier molecular flexibility index (Phi) is 6.22. The van der Waals surface area contributed by atoms with Crippen molar-refractivity contribution in [3.05, 3.63) is 71.0 Å². The number of nitrogens with zero attached hydrogens (tertiary/aromatic N) is 3. The van der Waals surface area contributed by atoms with E-state index in [1.165, 1.54) is 39.9 Å². The lowest BCUT2D eigenvalue weighted by molar-refractivity contribution is 0.0997. The molecule has 1 aromatic heterocycles. The van der Waals surface area contributed by atoms with Gasteiger partial charge in [-0.1, -0.05) is 29.9 Å². The second kappa shape index (κ2) is 8.90. The zero-order valence-corrected chi connectivity index (χ0v) is 19.1. The Morgan fingerprint density at radius 3 is 2.52 bits per heavy atom. The van der Waals surface area contributed by atoms with Gasteiger partial charge in [-0.2, -0.15) is 9.30 Å². The van der Waals surface area contributed by atoms with Gasteiger partial charge in [0.1, 0.15) is 0 Å². The van der Waals surface area contributed by atoms with E-state index in [1.54, 1.807) is 6.08 Å². The van der Waals surface area contributed by atoms with Gasteiger partial charge in [-0.25, -0.2) is 8.42 Å². The van der Waals surface area contributed by atoms with Crippen molar-refractivity contribution in [2.45, 2.75) is 37.6 Å². The first-order chi connectivity index (χ1) is 14.9. The van der Waals surface area contributed by atoms with Crippen molar-refractivity contribution in [3.8, 4) is 0 Å². The molecular weight excluding hydrogens is 430 g/mol. The minimum Gasteiger partial charge on any atom is -0.312 e. The summed E-state index contributed by atoms with van der Waals surface area (Å²) in [5.74, 6) is -0.400. The number of aromatic nitrogens is 1. The Balaban J connectivity index is 1.65. The number of amides is 1. The fourth-order valence-electron chi connectivity index (χ4n) is 3.75. The Hall–Kier alpha value is -2.55. The number of carbonyl (C=O) groups is 1. The fourth-order valence-corrected chi connectivity index (χ4v) is 6.40. The van der Waals surface area contributed by atoms with Gasteiger partial charge in [-0.3, -0.25) is 4.79 Å². The van der Waals surface area contributed by atoms with Crippen LogP contribution < -0.4 is 4.80 Å². The molecule has 31 heavy (non-hydrogen) atoms. The topological polar surface area (TPSA) is 71.7 Å². The lowest BCUT2D eigenvalue weighted by atomic mass is 10.2. The molecule has 2 heterocycles. The summed E-state index contributed by atoms with van der Waals surface area (Å²) in [5, 5.41) is 0. The first-order valence-electron chi connectivity index (χ1n) is 10.3. The van der Waals surface area contributed by atoms with Crippen molar-refractivity contribution >= 4 is 37.5 Å². The Bertz CT molecular complexity index is 1300. The molecule has 0 saturated carbocycles. The molecule has 1 aliphatic rings. The van der Waals surface area contributed by atoms with Crippen molar-refractivity contribution < 1.29 is 13.2 Å². The second-order valence-electron chi connectivity index (χ2n) is 7.66. The molecule has 0 N–H and O–H groups in total. The zero-order chi connectivity index (χ0) is 22.0. The lowest BCUT2D eigenvalue weighted by Gasteiger charge is -2.25. The van der Waals surface area contributed by atoms with Gasteiger partial charge in [0.15, 0.2) is 4.80 Å². The number of rotatable bonds is 5. The van der Waals surface area contributed by atoms with E-state index >= 15 is 0 Å². The molecule has 3 aromatic rings. The summed E-state index contributed by atoms with van der Waals surface area (Å²) >= 11 is 1.45. The van der Waals surface area contributed by atoms with Gasteiger partial charge in [-0.05, 0) is 61.7 Å². The van der Waals surface area contributed by atoms with Crippen LogP contribution in [0.15, 0.2) is 65.0 Å². The molecule has 0 unspecified atom stereocenters. The predicted molar refractivity (Wildman–Crippen MR) is 124 cm³/mol. The molecule has 0 bridgehead atoms. The van der Waals surface area contributed by atoms with Gasteiger partial charge in [0.05, 0.1) is 15.1 Å². The van der Waals surface area contributed by atoms with Crippen LogP contribution in [0.5, 0.6) is 0 Å². The van der Waals surface area contributed by atoms with Gasteiger partial charge in [0.2, 0.25) is 10.0 Å². The minimum atomic E-state index is -3.52. The van der Waals surface area contributed by atoms with Crippen LogP contribution in [-0.2, 0) is 16.6 Å². The molecule has 1 fully saturated rings. The van der Waals surface area contributed by atoms with Crippen LogP contribution in [0.3, 0.4) is 0 Å². The number of fused-ring (bicyclic) bond motifs is 1. The number of aryl methyl sites for hydroxylation is 1. The van der Waals surface area contributed by atoms with Gasteiger partial charge in [0, 0.05) is 25.2 Å². The number of carbonyl (C=O) groups excluding carboxylic acids is 1. The number of allylic oxidation sites excluding steroid dienone is 1. The molecule has 0 atom stereocenters. The molecule has 2 aromatic carbocycles. The number of sulfonamides is 1. The maximum atomic E-state index is 12.8. The summed E-state index contributed by atoms with van der Waals surface area (Å²) in [5.41, 5.74) is 2.50. The summed E-state index contributed by atoms with van der Waals surface area (Å²) in [4.78, 5) is 18.0. The average molecular weight is 456 g/mol. The molecule has 8 heteroatoms. The van der Waals surface area contributed by atoms with E-state index in [2.05, 4.69) is 17.6 Å². The highest BCUT2D eigenvalue weighted by Gasteiger charge is 2.25. The van der Waals surface area contributed by atoms with Crippen molar-refractivity contribution in [1.82, 2.24) is 8.87 Å². The molecule has 1 amide bonds. The van der Waals surface area contributed by atoms with Gasteiger partial charge >= 0.3 is 0 Å². The van der Waals surface area contributed by atoms with E-state index < -0.39 is 15.9 Å². The second-order valence-corrected chi connectivity index (χ2v) is 10.6. The van der Waals surface area contributed by atoms with Crippen LogP contribution in [-0.4, -0.2) is 36.3 Å². The van der Waals surface area contributed by atoms with Crippen LogP contribution in [0, 0.1) is 6.92 Å². The monoisotopic (exact) mass is 455 g/mol. The quantitative estimate of drug-likeness (QED) is 0.544. The molecule has 1 aliphatic heterocycles. The van der Waals surface area contributed by atoms with Crippen molar-refractivity contribution in [3.63, 3.8) is 0 Å². The Morgan fingerprint density at radius 2 is 1.84 bits per heavy atom. The summed E-state index contributed by atoms with van der Waals surface area (Å²) in [6.07, 6.45) is 4.60. The predicted octanol–water partition coefficient (Wildman–Crippen LogP) is 4.11. The van der Waals surface area contributed by atoms with E-state index in [1.807, 2.05) is 23.6 Å². The summed E-state index contributed by atoms with van der Waals surface area (Å²) < 4.78 is 30.2. The Morgan fingerprint density at radius 1 is 1.13 bits per heavy atom. The average Bonchev–Trinajstić information content (AvgIpc) is 3.10. The summed E-state index contributed by atoms with van der Waals surface area (Å²) in [6, 6.07) is 12.2. The van der Waals surface area contributed by atoms with E-state index in [9.17, 15) is 13.2 Å². The molecule has 1 saturated heterocycles. The van der Waals surface area contributed by atoms with Gasteiger partial charge in [-0.15, -0.1) is 6.58 Å². The molecule has 0 spiro atoms. The number of piperidine rings is 1. The Labute approximate surface area is 186 Å². The van der Waals surface area contributed by atoms with E-state index in [-0.39, 0.29) is 4.90 Å². The van der Waals surface area contributed by atoms with Crippen LogP contribution in [0.1, 0.15) is 35.2 Å². The van der Waals surface area contributed by atoms with Gasteiger partial charge < -0.3 is 4.57 Å². The largest absolute Gasteiger partial charge is 0.312 e. The minimum absolute atomic E-state index is 0.213. The molecule has 0 radical (unpaired) electrons. The number of thiazole rings is 1. The third-order valence-electron chi connectivity index (χ3n) is 5.40. The normalized spacial score (nSPS) is 16.0. The maximum absolute atomic E-state index is 12.8. The lowest BCUT2D eigenvalue weighted by Crippen LogP contribution is -2.35. The smallest absolute Gasteiger partial charge is 0.279 e. The molecule has 4 rings (SSSR count). The van der Waals surface area contributed by atoms with Crippen LogP contribution in [0.25, 0.3) is 10.2 Å². The first-order valence-corrected chi connectivity index (χ1v) is 12.6. The highest BCUT2D eigenvalue weighted by Crippen LogP contribution is 2.22. The fraction of sp³-hybridized carbons (Fsp3) is 0.304. The van der Waals surface area contributed by atoms with Crippen molar-refractivity contribution in [1.29, 1.82) is 0 Å². The third kappa shape index (κ3) is 4.42. The van der Waals surface area contributed by atoms with Crippen LogP contribution in [0.4, 0.5) is 0 Å². The van der Waals surface area contributed by atoms with E-state index in [0.717, 1.165) is 35.0 Å². The van der Waals surface area contributed by atoms with E-state index in [0.29, 0.717) is 30.0 Å². The van der Waals surface area contributed by atoms with Gasteiger partial charge in [0.25, 0.3) is 5.91 Å². The van der Waals surface area contributed by atoms with Crippen LogP contribution >= 0.6 is 11.3 Å². The van der Waals surface area contributed by atoms with Crippen molar-refractivity contribution in [2.24, 2.45) is 4.99 Å². The SMILES string of the molecule is C=CCn1c(=NC(=O)c2ccc(S(=O)(=O)N3CCCCC3)cc2)sc2cc(C)ccc21. The number of benzene rings is 2. The highest BCUT2D eigenvalue weighted by molar-refractivity contribution is 7.89. The molecular formula is C23H25N3O3S2. The first kappa shape index (κ1) is 21.7. The maximum Gasteiger partial charge on any atom is 0.279 e. The molecule has 162 valence electrons. The standard InChI is InChI=1S/C23H25N3O3S2/c1-3-13-26-20-12-7-17(2)16-21(20)30-23(26)24-22(27)18-8-10-19(11-9-18)31(28,29)25-14-5-4-6-15-25/h3,7-12,16H,1,4-6,13-15H2,2H3. The molecule has 6 nitrogen and oxygen atoms in total. The summed E-state index contributed by atoms with van der Waals surface area (Å²) in [7, 11) is -3.52. The zero-order valence-electron chi connectivity index (χ0n) is 17.5. The highest BCUT2D eigenvalue weighted by atomic mass is 32.2. The van der Waals surface area contributed by atoms with E-state index in [4.69, 9.17) is 0 Å². The van der Waals surface area contributed by atoms with Crippen molar-refractivity contribution in [2.75, 3.05) is 13.1 Å². The number of hydrogen-bond acceptors (Lipinski definition) is 4. The van der Waals surface area contributed by atoms with Crippen LogP contribution in [0.2, 0.25) is 0 Å². The number of hydrogen-bond donors (Lipinski definition) is 0. The summed E-state index contributed by atoms with van der Waals surface area (Å²) in [6.45, 7) is 7.47.